The monoisotopic (exact) mass is 272 g/mol. The van der Waals surface area contributed by atoms with E-state index in [0.29, 0.717) is 11.3 Å². The van der Waals surface area contributed by atoms with E-state index in [1.165, 1.54) is 24.3 Å². The molecule has 0 saturated heterocycles. The van der Waals surface area contributed by atoms with Crippen LogP contribution in [0.25, 0.3) is 0 Å². The molecule has 20 heavy (non-hydrogen) atoms. The van der Waals surface area contributed by atoms with Crippen molar-refractivity contribution in [3.05, 3.63) is 69.8 Å². The highest BCUT2D eigenvalue weighted by Crippen LogP contribution is 2.14. The number of non-ortho nitro benzene ring substituents is 1. The van der Waals surface area contributed by atoms with Gasteiger partial charge in [0.05, 0.1) is 11.5 Å². The number of aliphatic hydroxyl groups is 1. The van der Waals surface area contributed by atoms with E-state index in [-0.39, 0.29) is 18.2 Å². The van der Waals surface area contributed by atoms with Crippen LogP contribution in [0.2, 0.25) is 0 Å². The number of nitrogens with zero attached hydrogens (tertiary/aromatic N) is 1. The molecule has 0 spiro atoms. The number of amides is 1. The van der Waals surface area contributed by atoms with E-state index in [2.05, 4.69) is 5.32 Å². The molecule has 2 aromatic rings. The summed E-state index contributed by atoms with van der Waals surface area (Å²) in [5, 5.41) is 22.1. The van der Waals surface area contributed by atoms with Crippen LogP contribution in [0.15, 0.2) is 48.5 Å². The highest BCUT2D eigenvalue weighted by molar-refractivity contribution is 6.04. The Hall–Kier alpha value is -2.73. The van der Waals surface area contributed by atoms with Gasteiger partial charge in [-0.05, 0) is 29.8 Å². The SMILES string of the molecule is O=C(Nc1ccc(CO)cc1)c1ccc([N+](=O)[O-])cc1. The molecule has 0 unspecified atom stereocenters. The van der Waals surface area contributed by atoms with Crippen molar-refractivity contribution in [2.24, 2.45) is 0 Å². The normalized spacial score (nSPS) is 10.1. The zero-order valence-corrected chi connectivity index (χ0v) is 10.4. The third-order valence-corrected chi connectivity index (χ3v) is 2.73. The van der Waals surface area contributed by atoms with Gasteiger partial charge in [0.15, 0.2) is 0 Å². The van der Waals surface area contributed by atoms with Crippen molar-refractivity contribution >= 4 is 17.3 Å². The molecule has 0 heterocycles. The molecular formula is C14H12N2O4. The second-order valence-electron chi connectivity index (χ2n) is 4.11. The van der Waals surface area contributed by atoms with Gasteiger partial charge >= 0.3 is 0 Å². The number of nitro benzene ring substituents is 1. The minimum absolute atomic E-state index is 0.0589. The van der Waals surface area contributed by atoms with E-state index in [9.17, 15) is 14.9 Å². The number of anilines is 1. The largest absolute Gasteiger partial charge is 0.392 e. The summed E-state index contributed by atoms with van der Waals surface area (Å²) in [5.74, 6) is -0.350. The number of carbonyl (C=O) groups is 1. The Morgan fingerprint density at radius 2 is 1.70 bits per heavy atom. The molecule has 0 saturated carbocycles. The summed E-state index contributed by atoms with van der Waals surface area (Å²) in [4.78, 5) is 21.9. The summed E-state index contributed by atoms with van der Waals surface area (Å²) in [5.41, 5.74) is 1.61. The maximum atomic E-state index is 11.9. The molecular weight excluding hydrogens is 260 g/mol. The number of carbonyl (C=O) groups excluding carboxylic acids is 1. The summed E-state index contributed by atoms with van der Waals surface area (Å²) >= 11 is 0. The summed E-state index contributed by atoms with van der Waals surface area (Å²) in [6, 6.07) is 12.1. The molecule has 0 atom stereocenters. The maximum Gasteiger partial charge on any atom is 0.269 e. The third kappa shape index (κ3) is 3.18. The number of nitrogens with one attached hydrogen (secondary N) is 1. The number of hydrogen-bond acceptors (Lipinski definition) is 4. The average molecular weight is 272 g/mol. The molecule has 0 aliphatic heterocycles. The lowest BCUT2D eigenvalue weighted by molar-refractivity contribution is -0.384. The predicted molar refractivity (Wildman–Crippen MR) is 73.4 cm³/mol. The Labute approximate surface area is 114 Å². The lowest BCUT2D eigenvalue weighted by Gasteiger charge is -2.05. The summed E-state index contributed by atoms with van der Waals surface area (Å²) in [6.07, 6.45) is 0. The Bertz CT molecular complexity index is 621. The summed E-state index contributed by atoms with van der Waals surface area (Å²) in [6.45, 7) is -0.0589. The summed E-state index contributed by atoms with van der Waals surface area (Å²) in [7, 11) is 0. The quantitative estimate of drug-likeness (QED) is 0.660. The van der Waals surface area contributed by atoms with Gasteiger partial charge in [0, 0.05) is 23.4 Å². The average Bonchev–Trinajstić information content (AvgIpc) is 2.48. The minimum Gasteiger partial charge on any atom is -0.392 e. The number of nitro groups is 1. The molecule has 0 aliphatic rings. The molecule has 6 heteroatoms. The number of aliphatic hydroxyl groups excluding tert-OH is 1. The van der Waals surface area contributed by atoms with E-state index in [1.54, 1.807) is 24.3 Å². The number of rotatable bonds is 4. The fourth-order valence-electron chi connectivity index (χ4n) is 1.63. The molecule has 0 aromatic heterocycles. The van der Waals surface area contributed by atoms with Crippen LogP contribution in [-0.2, 0) is 6.61 Å². The molecule has 0 fully saturated rings. The molecule has 0 aliphatic carbocycles. The van der Waals surface area contributed by atoms with Gasteiger partial charge in [-0.25, -0.2) is 0 Å². The lowest BCUT2D eigenvalue weighted by atomic mass is 10.1. The van der Waals surface area contributed by atoms with E-state index >= 15 is 0 Å². The van der Waals surface area contributed by atoms with E-state index in [1.807, 2.05) is 0 Å². The van der Waals surface area contributed by atoms with Gasteiger partial charge in [0.2, 0.25) is 0 Å². The first-order chi connectivity index (χ1) is 9.60. The zero-order valence-electron chi connectivity index (χ0n) is 10.4. The fourth-order valence-corrected chi connectivity index (χ4v) is 1.63. The van der Waals surface area contributed by atoms with Gasteiger partial charge < -0.3 is 10.4 Å². The van der Waals surface area contributed by atoms with E-state index < -0.39 is 4.92 Å². The van der Waals surface area contributed by atoms with Gasteiger partial charge in [0.25, 0.3) is 11.6 Å². The van der Waals surface area contributed by atoms with Gasteiger partial charge in [-0.3, -0.25) is 14.9 Å². The van der Waals surface area contributed by atoms with Crippen molar-refractivity contribution in [1.82, 2.24) is 0 Å². The predicted octanol–water partition coefficient (Wildman–Crippen LogP) is 2.34. The Morgan fingerprint density at radius 3 is 2.20 bits per heavy atom. The van der Waals surface area contributed by atoms with Crippen molar-refractivity contribution in [3.8, 4) is 0 Å². The van der Waals surface area contributed by atoms with Crippen LogP contribution < -0.4 is 5.32 Å². The van der Waals surface area contributed by atoms with E-state index in [4.69, 9.17) is 5.11 Å². The number of hydrogen-bond donors (Lipinski definition) is 2. The first-order valence-electron chi connectivity index (χ1n) is 5.86. The van der Waals surface area contributed by atoms with E-state index in [0.717, 1.165) is 5.56 Å². The second kappa shape index (κ2) is 5.94. The highest BCUT2D eigenvalue weighted by atomic mass is 16.6. The van der Waals surface area contributed by atoms with Crippen molar-refractivity contribution in [1.29, 1.82) is 0 Å². The standard InChI is InChI=1S/C14H12N2O4/c17-9-10-1-5-12(6-2-10)15-14(18)11-3-7-13(8-4-11)16(19)20/h1-8,17H,9H2,(H,15,18). The van der Waals surface area contributed by atoms with Crippen LogP contribution in [0, 0.1) is 10.1 Å². The smallest absolute Gasteiger partial charge is 0.269 e. The van der Waals surface area contributed by atoms with Crippen molar-refractivity contribution in [2.75, 3.05) is 5.32 Å². The molecule has 102 valence electrons. The zero-order chi connectivity index (χ0) is 14.5. The highest BCUT2D eigenvalue weighted by Gasteiger charge is 2.09. The molecule has 2 rings (SSSR count). The van der Waals surface area contributed by atoms with Gasteiger partial charge in [0.1, 0.15) is 0 Å². The fraction of sp³-hybridized carbons (Fsp3) is 0.0714. The molecule has 2 N–H and O–H groups in total. The molecule has 0 bridgehead atoms. The second-order valence-corrected chi connectivity index (χ2v) is 4.11. The lowest BCUT2D eigenvalue weighted by Crippen LogP contribution is -2.11. The summed E-state index contributed by atoms with van der Waals surface area (Å²) < 4.78 is 0. The van der Waals surface area contributed by atoms with Crippen molar-refractivity contribution in [3.63, 3.8) is 0 Å². The minimum atomic E-state index is -0.519. The molecule has 2 aromatic carbocycles. The third-order valence-electron chi connectivity index (χ3n) is 2.73. The first kappa shape index (κ1) is 13.7. The van der Waals surface area contributed by atoms with Crippen LogP contribution in [0.5, 0.6) is 0 Å². The van der Waals surface area contributed by atoms with Crippen LogP contribution >= 0.6 is 0 Å². The van der Waals surface area contributed by atoms with Crippen molar-refractivity contribution in [2.45, 2.75) is 6.61 Å². The van der Waals surface area contributed by atoms with Gasteiger partial charge in [-0.1, -0.05) is 12.1 Å². The Morgan fingerprint density at radius 1 is 1.10 bits per heavy atom. The van der Waals surface area contributed by atoms with Crippen LogP contribution in [0.4, 0.5) is 11.4 Å². The van der Waals surface area contributed by atoms with Crippen LogP contribution in [-0.4, -0.2) is 15.9 Å². The number of benzene rings is 2. The van der Waals surface area contributed by atoms with Crippen LogP contribution in [0.3, 0.4) is 0 Å². The molecule has 6 nitrogen and oxygen atoms in total. The van der Waals surface area contributed by atoms with Gasteiger partial charge in [-0.15, -0.1) is 0 Å². The molecule has 1 amide bonds. The maximum absolute atomic E-state index is 11.9. The Balaban J connectivity index is 2.08. The van der Waals surface area contributed by atoms with Crippen molar-refractivity contribution < 1.29 is 14.8 Å². The topological polar surface area (TPSA) is 92.5 Å². The van der Waals surface area contributed by atoms with Gasteiger partial charge in [-0.2, -0.15) is 0 Å². The Kier molecular flexibility index (Phi) is 4.07. The molecule has 0 radical (unpaired) electrons. The first-order valence-corrected chi connectivity index (χ1v) is 5.86. The van der Waals surface area contributed by atoms with Crippen LogP contribution in [0.1, 0.15) is 15.9 Å².